The molecule has 4 heteroatoms. The predicted molar refractivity (Wildman–Crippen MR) is 66.1 cm³/mol. The first kappa shape index (κ1) is 13.3. The first-order valence-corrected chi connectivity index (χ1v) is 5.66. The third-order valence-corrected chi connectivity index (χ3v) is 2.70. The molecular weight excluding hydrogens is 226 g/mol. The van der Waals surface area contributed by atoms with E-state index in [1.807, 2.05) is 26.0 Å². The van der Waals surface area contributed by atoms with Crippen LogP contribution < -0.4 is 10.1 Å². The zero-order chi connectivity index (χ0) is 12.1. The first-order chi connectivity index (χ1) is 7.58. The molecule has 0 amide bonds. The number of methoxy groups -OCH3 is 1. The number of aliphatic hydroxyl groups is 1. The van der Waals surface area contributed by atoms with Crippen LogP contribution in [0.5, 0.6) is 5.75 Å². The standard InChI is InChI=1S/C12H18ClNO2/c1-8(7-15)14-9(2)11-6-10(13)4-5-12(11)16-3/h4-6,8-9,14-15H,7H2,1-3H3. The fourth-order valence-electron chi connectivity index (χ4n) is 1.61. The van der Waals surface area contributed by atoms with Gasteiger partial charge in [0, 0.05) is 22.7 Å². The Labute approximate surface area is 101 Å². The van der Waals surface area contributed by atoms with E-state index in [-0.39, 0.29) is 18.7 Å². The van der Waals surface area contributed by atoms with Gasteiger partial charge in [-0.2, -0.15) is 0 Å². The summed E-state index contributed by atoms with van der Waals surface area (Å²) in [6.45, 7) is 4.04. The van der Waals surface area contributed by atoms with Crippen LogP contribution in [0.1, 0.15) is 25.5 Å². The summed E-state index contributed by atoms with van der Waals surface area (Å²) in [7, 11) is 1.63. The molecule has 3 nitrogen and oxygen atoms in total. The van der Waals surface area contributed by atoms with Gasteiger partial charge in [0.1, 0.15) is 5.75 Å². The monoisotopic (exact) mass is 243 g/mol. The molecule has 1 aromatic carbocycles. The van der Waals surface area contributed by atoms with Gasteiger partial charge in [-0.1, -0.05) is 11.6 Å². The molecule has 0 heterocycles. The molecule has 2 unspecified atom stereocenters. The van der Waals surface area contributed by atoms with Crippen LogP contribution in [0.15, 0.2) is 18.2 Å². The summed E-state index contributed by atoms with van der Waals surface area (Å²) >= 11 is 5.96. The van der Waals surface area contributed by atoms with E-state index in [4.69, 9.17) is 21.4 Å². The molecule has 1 aromatic rings. The van der Waals surface area contributed by atoms with Crippen molar-refractivity contribution < 1.29 is 9.84 Å². The lowest BCUT2D eigenvalue weighted by atomic mass is 10.1. The lowest BCUT2D eigenvalue weighted by molar-refractivity contribution is 0.242. The van der Waals surface area contributed by atoms with E-state index < -0.39 is 0 Å². The van der Waals surface area contributed by atoms with Crippen molar-refractivity contribution in [2.45, 2.75) is 25.9 Å². The molecule has 0 spiro atoms. The Morgan fingerprint density at radius 2 is 2.12 bits per heavy atom. The van der Waals surface area contributed by atoms with Crippen molar-refractivity contribution in [3.8, 4) is 5.75 Å². The number of benzene rings is 1. The zero-order valence-electron chi connectivity index (χ0n) is 9.83. The first-order valence-electron chi connectivity index (χ1n) is 5.28. The van der Waals surface area contributed by atoms with Crippen LogP contribution in [0.25, 0.3) is 0 Å². The third kappa shape index (κ3) is 3.37. The van der Waals surface area contributed by atoms with Crippen molar-refractivity contribution in [2.24, 2.45) is 0 Å². The second-order valence-corrected chi connectivity index (χ2v) is 4.29. The molecule has 2 atom stereocenters. The highest BCUT2D eigenvalue weighted by Crippen LogP contribution is 2.28. The zero-order valence-corrected chi connectivity index (χ0v) is 10.6. The third-order valence-electron chi connectivity index (χ3n) is 2.47. The van der Waals surface area contributed by atoms with Crippen LogP contribution in [0.2, 0.25) is 5.02 Å². The van der Waals surface area contributed by atoms with Gasteiger partial charge in [0.05, 0.1) is 13.7 Å². The number of hydrogen-bond donors (Lipinski definition) is 2. The molecule has 2 N–H and O–H groups in total. The highest BCUT2D eigenvalue weighted by Gasteiger charge is 2.13. The van der Waals surface area contributed by atoms with Gasteiger partial charge in [0.2, 0.25) is 0 Å². The van der Waals surface area contributed by atoms with Gasteiger partial charge in [-0.15, -0.1) is 0 Å². The second kappa shape index (κ2) is 6.09. The molecule has 0 fully saturated rings. The number of ether oxygens (including phenoxy) is 1. The maximum Gasteiger partial charge on any atom is 0.123 e. The van der Waals surface area contributed by atoms with E-state index in [0.717, 1.165) is 11.3 Å². The highest BCUT2D eigenvalue weighted by atomic mass is 35.5. The van der Waals surface area contributed by atoms with Crippen molar-refractivity contribution >= 4 is 11.6 Å². The molecule has 0 aromatic heterocycles. The molecule has 16 heavy (non-hydrogen) atoms. The van der Waals surface area contributed by atoms with E-state index in [1.165, 1.54) is 0 Å². The summed E-state index contributed by atoms with van der Waals surface area (Å²) < 4.78 is 5.28. The quantitative estimate of drug-likeness (QED) is 0.835. The molecule has 0 aliphatic heterocycles. The minimum Gasteiger partial charge on any atom is -0.496 e. The topological polar surface area (TPSA) is 41.5 Å². The lowest BCUT2D eigenvalue weighted by Crippen LogP contribution is -2.31. The number of aliphatic hydroxyl groups excluding tert-OH is 1. The van der Waals surface area contributed by atoms with Crippen molar-refractivity contribution in [1.29, 1.82) is 0 Å². The van der Waals surface area contributed by atoms with E-state index in [1.54, 1.807) is 13.2 Å². The van der Waals surface area contributed by atoms with Gasteiger partial charge in [0.25, 0.3) is 0 Å². The largest absolute Gasteiger partial charge is 0.496 e. The van der Waals surface area contributed by atoms with Crippen LogP contribution in [-0.4, -0.2) is 24.9 Å². The van der Waals surface area contributed by atoms with Gasteiger partial charge < -0.3 is 15.2 Å². The molecule has 0 bridgehead atoms. The summed E-state index contributed by atoms with van der Waals surface area (Å²) in [6, 6.07) is 5.64. The van der Waals surface area contributed by atoms with Crippen molar-refractivity contribution in [2.75, 3.05) is 13.7 Å². The molecule has 0 radical (unpaired) electrons. The van der Waals surface area contributed by atoms with Crippen LogP contribution in [-0.2, 0) is 0 Å². The van der Waals surface area contributed by atoms with Crippen molar-refractivity contribution in [1.82, 2.24) is 5.32 Å². The van der Waals surface area contributed by atoms with Gasteiger partial charge >= 0.3 is 0 Å². The van der Waals surface area contributed by atoms with Gasteiger partial charge in [-0.3, -0.25) is 0 Å². The average molecular weight is 244 g/mol. The Kier molecular flexibility index (Phi) is 5.06. The molecule has 0 saturated carbocycles. The molecule has 0 aliphatic carbocycles. The van der Waals surface area contributed by atoms with E-state index in [2.05, 4.69) is 5.32 Å². The van der Waals surface area contributed by atoms with Crippen LogP contribution in [0.3, 0.4) is 0 Å². The molecule has 1 rings (SSSR count). The van der Waals surface area contributed by atoms with E-state index in [9.17, 15) is 0 Å². The predicted octanol–water partition coefficient (Wildman–Crippen LogP) is 2.38. The summed E-state index contributed by atoms with van der Waals surface area (Å²) in [4.78, 5) is 0. The summed E-state index contributed by atoms with van der Waals surface area (Å²) in [5.74, 6) is 0.800. The second-order valence-electron chi connectivity index (χ2n) is 3.86. The average Bonchev–Trinajstić information content (AvgIpc) is 2.28. The fraction of sp³-hybridized carbons (Fsp3) is 0.500. The lowest BCUT2D eigenvalue weighted by Gasteiger charge is -2.20. The molecular formula is C12H18ClNO2. The fourth-order valence-corrected chi connectivity index (χ4v) is 1.79. The number of rotatable bonds is 5. The minimum atomic E-state index is 0.0405. The number of nitrogens with one attached hydrogen (secondary N) is 1. The Bertz CT molecular complexity index is 344. The van der Waals surface area contributed by atoms with Gasteiger partial charge in [-0.25, -0.2) is 0 Å². The summed E-state index contributed by atoms with van der Waals surface area (Å²) in [5, 5.41) is 12.9. The Morgan fingerprint density at radius 3 is 2.69 bits per heavy atom. The molecule has 0 saturated heterocycles. The van der Waals surface area contributed by atoms with E-state index >= 15 is 0 Å². The maximum absolute atomic E-state index is 8.99. The van der Waals surface area contributed by atoms with Crippen LogP contribution in [0, 0.1) is 0 Å². The van der Waals surface area contributed by atoms with Crippen molar-refractivity contribution in [3.63, 3.8) is 0 Å². The minimum absolute atomic E-state index is 0.0405. The Balaban J connectivity index is 2.88. The van der Waals surface area contributed by atoms with Gasteiger partial charge in [-0.05, 0) is 32.0 Å². The smallest absolute Gasteiger partial charge is 0.123 e. The SMILES string of the molecule is COc1ccc(Cl)cc1C(C)NC(C)CO. The number of hydrogen-bond acceptors (Lipinski definition) is 3. The van der Waals surface area contributed by atoms with Crippen LogP contribution in [0.4, 0.5) is 0 Å². The highest BCUT2D eigenvalue weighted by molar-refractivity contribution is 6.30. The normalized spacial score (nSPS) is 14.6. The Morgan fingerprint density at radius 1 is 1.44 bits per heavy atom. The molecule has 0 aliphatic rings. The summed E-state index contributed by atoms with van der Waals surface area (Å²) in [6.07, 6.45) is 0. The maximum atomic E-state index is 8.99. The van der Waals surface area contributed by atoms with Gasteiger partial charge in [0.15, 0.2) is 0 Å². The number of halogens is 1. The Hall–Kier alpha value is -0.770. The van der Waals surface area contributed by atoms with Crippen molar-refractivity contribution in [3.05, 3.63) is 28.8 Å². The van der Waals surface area contributed by atoms with E-state index in [0.29, 0.717) is 5.02 Å². The molecule has 90 valence electrons. The summed E-state index contributed by atoms with van der Waals surface area (Å²) in [5.41, 5.74) is 0.996. The van der Waals surface area contributed by atoms with Crippen LogP contribution >= 0.6 is 11.6 Å².